The predicted octanol–water partition coefficient (Wildman–Crippen LogP) is 1.83. The zero-order chi connectivity index (χ0) is 13.5. The van der Waals surface area contributed by atoms with Gasteiger partial charge in [0.2, 0.25) is 0 Å². The maximum absolute atomic E-state index is 10.5. The van der Waals surface area contributed by atoms with Crippen molar-refractivity contribution in [2.24, 2.45) is 0 Å². The van der Waals surface area contributed by atoms with Crippen molar-refractivity contribution in [2.45, 2.75) is 39.3 Å². The maximum Gasteiger partial charge on any atom is 0.303 e. The van der Waals surface area contributed by atoms with Crippen molar-refractivity contribution >= 4 is 5.97 Å². The van der Waals surface area contributed by atoms with Crippen molar-refractivity contribution < 1.29 is 14.4 Å². The van der Waals surface area contributed by atoms with Gasteiger partial charge in [0.25, 0.3) is 0 Å². The van der Waals surface area contributed by atoms with Gasteiger partial charge in [-0.05, 0) is 6.92 Å². The summed E-state index contributed by atoms with van der Waals surface area (Å²) >= 11 is 0. The first kappa shape index (κ1) is 16.1. The van der Waals surface area contributed by atoms with Crippen LogP contribution in [-0.2, 0) is 4.79 Å². The Labute approximate surface area is 105 Å². The Hall–Kier alpha value is -0.870. The van der Waals surface area contributed by atoms with Gasteiger partial charge in [0.05, 0.1) is 27.1 Å². The second-order valence-electron chi connectivity index (χ2n) is 5.26. The van der Waals surface area contributed by atoms with E-state index in [1.807, 2.05) is 6.92 Å². The molecule has 0 aromatic carbocycles. The predicted molar refractivity (Wildman–Crippen MR) is 70.7 cm³/mol. The fraction of sp³-hybridized carbons (Fsp3) is 0.769. The van der Waals surface area contributed by atoms with Crippen molar-refractivity contribution in [3.63, 3.8) is 0 Å². The van der Waals surface area contributed by atoms with Gasteiger partial charge in [-0.2, -0.15) is 0 Å². The van der Waals surface area contributed by atoms with Gasteiger partial charge in [-0.1, -0.05) is 19.1 Å². The molecule has 0 aromatic heterocycles. The molecule has 0 radical (unpaired) electrons. The van der Waals surface area contributed by atoms with Crippen molar-refractivity contribution in [3.05, 3.63) is 12.2 Å². The van der Waals surface area contributed by atoms with E-state index < -0.39 is 5.97 Å². The Kier molecular flexibility index (Phi) is 7.07. The van der Waals surface area contributed by atoms with Crippen LogP contribution in [0.4, 0.5) is 0 Å². The first-order valence-electron chi connectivity index (χ1n) is 6.21. The summed E-state index contributed by atoms with van der Waals surface area (Å²) in [5, 5.41) is 12.1. The molecule has 100 valence electrons. The highest BCUT2D eigenvalue weighted by Gasteiger charge is 2.25. The van der Waals surface area contributed by atoms with E-state index in [1.165, 1.54) is 0 Å². The molecule has 0 aromatic rings. The minimum Gasteiger partial charge on any atom is -0.481 e. The number of quaternary nitrogens is 1. The summed E-state index contributed by atoms with van der Waals surface area (Å²) in [6.45, 7) is 9.72. The first-order valence-corrected chi connectivity index (χ1v) is 6.21. The van der Waals surface area contributed by atoms with Crippen LogP contribution in [0, 0.1) is 0 Å². The number of carboxylic acid groups (broad SMARTS) is 1. The lowest BCUT2D eigenvalue weighted by molar-refractivity contribution is -0.918. The third kappa shape index (κ3) is 7.13. The molecule has 0 aliphatic rings. The second kappa shape index (κ2) is 7.45. The smallest absolute Gasteiger partial charge is 0.303 e. The summed E-state index contributed by atoms with van der Waals surface area (Å²) in [5.74, 6) is -0.715. The van der Waals surface area contributed by atoms with Crippen molar-refractivity contribution in [1.29, 1.82) is 0 Å². The molecular weight excluding hydrogens is 216 g/mol. The molecule has 0 aliphatic carbocycles. The number of carbonyl (C=O) groups is 1. The molecule has 0 rings (SSSR count). The zero-order valence-electron chi connectivity index (χ0n) is 11.6. The number of hydrogen-bond donors (Lipinski definition) is 2. The Bertz CT molecular complexity index is 262. The van der Waals surface area contributed by atoms with Crippen LogP contribution in [0.5, 0.6) is 0 Å². The molecule has 0 spiro atoms. The summed E-state index contributed by atoms with van der Waals surface area (Å²) in [7, 11) is 4.28. The van der Waals surface area contributed by atoms with Gasteiger partial charge in [-0.3, -0.25) is 10.1 Å². The molecule has 0 bridgehead atoms. The number of nitrogens with one attached hydrogen (secondary N) is 1. The van der Waals surface area contributed by atoms with Crippen LogP contribution in [0.2, 0.25) is 0 Å². The molecule has 1 unspecified atom stereocenters. The lowest BCUT2D eigenvalue weighted by Gasteiger charge is -2.38. The van der Waals surface area contributed by atoms with Gasteiger partial charge in [0, 0.05) is 19.4 Å². The number of carboxylic acids is 1. The second-order valence-corrected chi connectivity index (χ2v) is 5.26. The molecule has 0 aliphatic heterocycles. The molecule has 0 amide bonds. The lowest BCUT2D eigenvalue weighted by atomic mass is 10.2. The van der Waals surface area contributed by atoms with Crippen LogP contribution in [0.25, 0.3) is 0 Å². The summed E-state index contributed by atoms with van der Waals surface area (Å²) in [5.41, 5.74) is 1.12. The Balaban J connectivity index is 4.20. The average molecular weight is 243 g/mol. The van der Waals surface area contributed by atoms with E-state index in [2.05, 4.69) is 32.9 Å². The van der Waals surface area contributed by atoms with Crippen LogP contribution in [-0.4, -0.2) is 48.9 Å². The fourth-order valence-electron chi connectivity index (χ4n) is 1.97. The summed E-state index contributed by atoms with van der Waals surface area (Å²) in [6.07, 6.45) is 2.33. The summed E-state index contributed by atoms with van der Waals surface area (Å²) in [4.78, 5) is 10.5. The largest absolute Gasteiger partial charge is 0.481 e. The molecular formula is C13H27N2O2+. The monoisotopic (exact) mass is 243 g/mol. The molecule has 0 fully saturated rings. The standard InChI is InChI=1S/C13H26N2O2/c1-6-12(14-10-11(2)3)15(4,5)9-7-8-13(16)17/h12,14H,2,6-10H2,1,3-5H3/p+1. The quantitative estimate of drug-likeness (QED) is 0.369. The topological polar surface area (TPSA) is 49.3 Å². The Morgan fingerprint density at radius 3 is 2.47 bits per heavy atom. The van der Waals surface area contributed by atoms with Crippen LogP contribution in [0.3, 0.4) is 0 Å². The molecule has 4 heteroatoms. The van der Waals surface area contributed by atoms with E-state index in [9.17, 15) is 4.79 Å². The Morgan fingerprint density at radius 2 is 2.06 bits per heavy atom. The van der Waals surface area contributed by atoms with E-state index in [1.54, 1.807) is 0 Å². The Morgan fingerprint density at radius 1 is 1.47 bits per heavy atom. The van der Waals surface area contributed by atoms with Crippen LogP contribution in [0.15, 0.2) is 12.2 Å². The molecule has 17 heavy (non-hydrogen) atoms. The number of hydrogen-bond acceptors (Lipinski definition) is 2. The average Bonchev–Trinajstić information content (AvgIpc) is 2.16. The van der Waals surface area contributed by atoms with Gasteiger partial charge in [0.15, 0.2) is 0 Å². The summed E-state index contributed by atoms with van der Waals surface area (Å²) < 4.78 is 0.803. The normalized spacial score (nSPS) is 13.4. The van der Waals surface area contributed by atoms with E-state index in [-0.39, 0.29) is 6.42 Å². The van der Waals surface area contributed by atoms with Crippen molar-refractivity contribution in [3.8, 4) is 0 Å². The van der Waals surface area contributed by atoms with Gasteiger partial charge < -0.3 is 9.59 Å². The van der Waals surface area contributed by atoms with E-state index in [0.29, 0.717) is 12.6 Å². The van der Waals surface area contributed by atoms with Gasteiger partial charge in [-0.15, -0.1) is 0 Å². The fourth-order valence-corrected chi connectivity index (χ4v) is 1.97. The van der Waals surface area contributed by atoms with Crippen molar-refractivity contribution in [1.82, 2.24) is 5.32 Å². The minimum atomic E-state index is -0.715. The highest BCUT2D eigenvalue weighted by Crippen LogP contribution is 2.10. The number of rotatable bonds is 9. The number of nitrogens with zero attached hydrogens (tertiary/aromatic N) is 1. The molecule has 0 saturated heterocycles. The highest BCUT2D eigenvalue weighted by atomic mass is 16.4. The van der Waals surface area contributed by atoms with E-state index in [4.69, 9.17) is 5.11 Å². The van der Waals surface area contributed by atoms with Gasteiger partial charge in [0.1, 0.15) is 6.17 Å². The third-order valence-electron chi connectivity index (χ3n) is 2.99. The van der Waals surface area contributed by atoms with Crippen LogP contribution >= 0.6 is 0 Å². The van der Waals surface area contributed by atoms with Gasteiger partial charge in [-0.25, -0.2) is 0 Å². The third-order valence-corrected chi connectivity index (χ3v) is 2.99. The highest BCUT2D eigenvalue weighted by molar-refractivity contribution is 5.66. The minimum absolute atomic E-state index is 0.249. The van der Waals surface area contributed by atoms with Crippen LogP contribution < -0.4 is 5.32 Å². The molecule has 2 N–H and O–H groups in total. The summed E-state index contributed by atoms with van der Waals surface area (Å²) in [6, 6.07) is 0. The molecule has 0 heterocycles. The van der Waals surface area contributed by atoms with E-state index in [0.717, 1.165) is 29.6 Å². The van der Waals surface area contributed by atoms with E-state index >= 15 is 0 Å². The first-order chi connectivity index (χ1) is 7.79. The van der Waals surface area contributed by atoms with Gasteiger partial charge >= 0.3 is 5.97 Å². The molecule has 4 nitrogen and oxygen atoms in total. The molecule has 0 saturated carbocycles. The van der Waals surface area contributed by atoms with Crippen LogP contribution in [0.1, 0.15) is 33.1 Å². The molecule has 1 atom stereocenters. The van der Waals surface area contributed by atoms with Crippen molar-refractivity contribution in [2.75, 3.05) is 27.2 Å². The zero-order valence-corrected chi connectivity index (χ0v) is 11.6. The lowest BCUT2D eigenvalue weighted by Crippen LogP contribution is -2.56. The maximum atomic E-state index is 10.5. The number of aliphatic carboxylic acids is 1. The SMILES string of the molecule is C=C(C)CNC(CC)[N+](C)(C)CCCC(=O)O.